The predicted molar refractivity (Wildman–Crippen MR) is 80.9 cm³/mol. The molecule has 2 heterocycles. The Hall–Kier alpha value is -1.07. The number of carbonyl (C=O) groups excluding carboxylic acids is 1. The van der Waals surface area contributed by atoms with E-state index in [9.17, 15) is 9.90 Å². The molecular weight excluding hydrogens is 320 g/mol. The van der Waals surface area contributed by atoms with Gasteiger partial charge in [0, 0.05) is 31.2 Å². The van der Waals surface area contributed by atoms with E-state index in [0.717, 1.165) is 26.1 Å². The van der Waals surface area contributed by atoms with E-state index in [1.807, 2.05) is 4.90 Å². The Kier molecular flexibility index (Phi) is 3.98. The molecule has 5 heteroatoms. The number of aromatic hydroxyl groups is 1. The summed E-state index contributed by atoms with van der Waals surface area (Å²) in [6.45, 7) is 3.89. The number of hydrogen-bond acceptors (Lipinski definition) is 3. The molecule has 1 aromatic carbocycles. The highest BCUT2D eigenvalue weighted by Crippen LogP contribution is 2.26. The number of phenols is 1. The lowest BCUT2D eigenvalue weighted by Gasteiger charge is -2.25. The molecule has 1 unspecified atom stereocenters. The van der Waals surface area contributed by atoms with E-state index in [1.165, 1.54) is 19.4 Å². The van der Waals surface area contributed by atoms with Crippen LogP contribution in [0.5, 0.6) is 5.75 Å². The average molecular weight is 339 g/mol. The molecule has 0 bridgehead atoms. The molecule has 2 aliphatic rings. The lowest BCUT2D eigenvalue weighted by Crippen LogP contribution is -2.39. The maximum Gasteiger partial charge on any atom is 0.254 e. The fourth-order valence-corrected chi connectivity index (χ4v) is 3.47. The Morgan fingerprint density at radius 3 is 2.85 bits per heavy atom. The van der Waals surface area contributed by atoms with E-state index < -0.39 is 0 Å². The molecule has 108 valence electrons. The summed E-state index contributed by atoms with van der Waals surface area (Å²) in [6.07, 6.45) is 3.46. The number of carbonyl (C=O) groups is 1. The lowest BCUT2D eigenvalue weighted by atomic mass is 10.1. The maximum absolute atomic E-state index is 12.6. The Morgan fingerprint density at radius 2 is 2.05 bits per heavy atom. The van der Waals surface area contributed by atoms with E-state index in [4.69, 9.17) is 0 Å². The zero-order chi connectivity index (χ0) is 14.1. The first-order valence-electron chi connectivity index (χ1n) is 7.17. The van der Waals surface area contributed by atoms with Crippen molar-refractivity contribution in [1.29, 1.82) is 0 Å². The summed E-state index contributed by atoms with van der Waals surface area (Å²) in [4.78, 5) is 17.0. The van der Waals surface area contributed by atoms with E-state index in [0.29, 0.717) is 16.1 Å². The van der Waals surface area contributed by atoms with E-state index >= 15 is 0 Å². The van der Waals surface area contributed by atoms with Crippen LogP contribution < -0.4 is 0 Å². The minimum atomic E-state index is 0.0292. The predicted octanol–water partition coefficient (Wildman–Crippen LogP) is 2.46. The van der Waals surface area contributed by atoms with Crippen LogP contribution in [0.3, 0.4) is 0 Å². The molecule has 2 saturated heterocycles. The summed E-state index contributed by atoms with van der Waals surface area (Å²) in [5, 5.41) is 9.73. The van der Waals surface area contributed by atoms with E-state index in [-0.39, 0.29) is 11.7 Å². The van der Waals surface area contributed by atoms with Gasteiger partial charge in [-0.25, -0.2) is 0 Å². The van der Waals surface area contributed by atoms with Gasteiger partial charge in [0.25, 0.3) is 5.91 Å². The van der Waals surface area contributed by atoms with Crippen molar-refractivity contribution < 1.29 is 9.90 Å². The van der Waals surface area contributed by atoms with Gasteiger partial charge in [0.2, 0.25) is 0 Å². The van der Waals surface area contributed by atoms with Crippen LogP contribution in [-0.2, 0) is 0 Å². The van der Waals surface area contributed by atoms with Crippen LogP contribution >= 0.6 is 15.9 Å². The van der Waals surface area contributed by atoms with Gasteiger partial charge in [0.1, 0.15) is 5.75 Å². The van der Waals surface area contributed by atoms with Gasteiger partial charge in [-0.05, 0) is 59.9 Å². The molecule has 1 aromatic rings. The van der Waals surface area contributed by atoms with E-state index in [1.54, 1.807) is 18.2 Å². The Labute approximate surface area is 127 Å². The van der Waals surface area contributed by atoms with Gasteiger partial charge in [-0.2, -0.15) is 0 Å². The molecule has 1 N–H and O–H groups in total. The highest BCUT2D eigenvalue weighted by molar-refractivity contribution is 9.10. The van der Waals surface area contributed by atoms with Crippen LogP contribution in [0.25, 0.3) is 0 Å². The SMILES string of the molecule is O=C(c1ccc(Br)c(O)c1)N1CCCN2CCCC2C1. The highest BCUT2D eigenvalue weighted by Gasteiger charge is 2.30. The first kappa shape index (κ1) is 13.9. The van der Waals surface area contributed by atoms with Crippen molar-refractivity contribution in [2.24, 2.45) is 0 Å². The second-order valence-corrected chi connectivity index (χ2v) is 6.46. The molecule has 4 nitrogen and oxygen atoms in total. The molecule has 0 radical (unpaired) electrons. The third-order valence-electron chi connectivity index (χ3n) is 4.28. The molecule has 0 saturated carbocycles. The second kappa shape index (κ2) is 5.74. The first-order chi connectivity index (χ1) is 9.65. The maximum atomic E-state index is 12.6. The Balaban J connectivity index is 1.77. The van der Waals surface area contributed by atoms with Gasteiger partial charge >= 0.3 is 0 Å². The second-order valence-electron chi connectivity index (χ2n) is 5.60. The molecule has 0 spiro atoms. The van der Waals surface area contributed by atoms with Crippen molar-refractivity contribution in [1.82, 2.24) is 9.80 Å². The summed E-state index contributed by atoms with van der Waals surface area (Å²) in [5.41, 5.74) is 0.567. The smallest absolute Gasteiger partial charge is 0.254 e. The molecule has 0 aromatic heterocycles. The zero-order valence-electron chi connectivity index (χ0n) is 11.4. The van der Waals surface area contributed by atoms with Gasteiger partial charge in [-0.15, -0.1) is 0 Å². The normalized spacial score (nSPS) is 23.4. The van der Waals surface area contributed by atoms with Crippen LogP contribution in [0.1, 0.15) is 29.6 Å². The van der Waals surface area contributed by atoms with Crippen LogP contribution in [0.2, 0.25) is 0 Å². The van der Waals surface area contributed by atoms with Crippen molar-refractivity contribution in [3.8, 4) is 5.75 Å². The average Bonchev–Trinajstić information content (AvgIpc) is 2.78. The van der Waals surface area contributed by atoms with Gasteiger partial charge in [-0.3, -0.25) is 9.69 Å². The first-order valence-corrected chi connectivity index (χ1v) is 7.96. The Bertz CT molecular complexity index is 521. The Morgan fingerprint density at radius 1 is 1.25 bits per heavy atom. The number of phenolic OH excluding ortho intramolecular Hbond substituents is 1. The highest BCUT2D eigenvalue weighted by atomic mass is 79.9. The quantitative estimate of drug-likeness (QED) is 0.855. The van der Waals surface area contributed by atoms with Gasteiger partial charge in [0.05, 0.1) is 4.47 Å². The zero-order valence-corrected chi connectivity index (χ0v) is 13.0. The van der Waals surface area contributed by atoms with Gasteiger partial charge < -0.3 is 10.0 Å². The minimum absolute atomic E-state index is 0.0292. The molecule has 0 aliphatic carbocycles. The molecule has 3 rings (SSSR count). The number of benzene rings is 1. The third-order valence-corrected chi connectivity index (χ3v) is 4.95. The van der Waals surface area contributed by atoms with Gasteiger partial charge in [0.15, 0.2) is 0 Å². The summed E-state index contributed by atoms with van der Waals surface area (Å²) in [7, 11) is 0. The van der Waals surface area contributed by atoms with Crippen molar-refractivity contribution in [2.45, 2.75) is 25.3 Å². The standard InChI is InChI=1S/C15H19BrN2O2/c16-13-5-4-11(9-14(13)19)15(20)18-8-2-7-17-6-1-3-12(17)10-18/h4-5,9,12,19H,1-3,6-8,10H2. The largest absolute Gasteiger partial charge is 0.507 e. The molecule has 1 atom stereocenters. The molecule has 2 fully saturated rings. The fraction of sp³-hybridized carbons (Fsp3) is 0.533. The number of nitrogens with zero attached hydrogens (tertiary/aromatic N) is 2. The number of halogens is 1. The number of fused-ring (bicyclic) bond motifs is 1. The van der Waals surface area contributed by atoms with Crippen molar-refractivity contribution in [2.75, 3.05) is 26.2 Å². The monoisotopic (exact) mass is 338 g/mol. The fourth-order valence-electron chi connectivity index (χ4n) is 3.22. The lowest BCUT2D eigenvalue weighted by molar-refractivity contribution is 0.0743. The van der Waals surface area contributed by atoms with E-state index in [2.05, 4.69) is 20.8 Å². The molecule has 20 heavy (non-hydrogen) atoms. The van der Waals surface area contributed by atoms with Crippen molar-refractivity contribution in [3.63, 3.8) is 0 Å². The van der Waals surface area contributed by atoms with Crippen molar-refractivity contribution >= 4 is 21.8 Å². The number of amides is 1. The van der Waals surface area contributed by atoms with Crippen LogP contribution in [0, 0.1) is 0 Å². The van der Waals surface area contributed by atoms with Crippen molar-refractivity contribution in [3.05, 3.63) is 28.2 Å². The summed E-state index contributed by atoms with van der Waals surface area (Å²) in [5.74, 6) is 0.148. The molecule has 2 aliphatic heterocycles. The molecule has 1 amide bonds. The minimum Gasteiger partial charge on any atom is -0.507 e. The van der Waals surface area contributed by atoms with Crippen LogP contribution in [0.4, 0.5) is 0 Å². The number of hydrogen-bond donors (Lipinski definition) is 1. The topological polar surface area (TPSA) is 43.8 Å². The van der Waals surface area contributed by atoms with Crippen LogP contribution in [0.15, 0.2) is 22.7 Å². The van der Waals surface area contributed by atoms with Gasteiger partial charge in [-0.1, -0.05) is 0 Å². The summed E-state index contributed by atoms with van der Waals surface area (Å²) in [6, 6.07) is 5.56. The third kappa shape index (κ3) is 2.69. The molecular formula is C15H19BrN2O2. The summed E-state index contributed by atoms with van der Waals surface area (Å²) < 4.78 is 0.617. The van der Waals surface area contributed by atoms with Crippen LogP contribution in [-0.4, -0.2) is 53.0 Å². The number of rotatable bonds is 1. The summed E-state index contributed by atoms with van der Waals surface area (Å²) >= 11 is 3.24.